The minimum absolute atomic E-state index is 0.0262. The number of carbonyl (C=O) groups excluding carboxylic acids is 1. The van der Waals surface area contributed by atoms with Crippen LogP contribution in [0, 0.1) is 0 Å². The Morgan fingerprint density at radius 3 is 2.58 bits per heavy atom. The summed E-state index contributed by atoms with van der Waals surface area (Å²) in [5, 5.41) is 2.83. The third-order valence-electron chi connectivity index (χ3n) is 5.23. The van der Waals surface area contributed by atoms with Crippen molar-refractivity contribution in [3.63, 3.8) is 0 Å². The molecule has 0 aliphatic heterocycles. The molecule has 0 radical (unpaired) electrons. The summed E-state index contributed by atoms with van der Waals surface area (Å²) in [4.78, 5) is 12.7. The van der Waals surface area contributed by atoms with Gasteiger partial charge in [0.2, 0.25) is 10.0 Å². The number of carbonyl (C=O) groups is 1. The molecular weight excluding hydrogens is 416 g/mol. The second-order valence-corrected chi connectivity index (χ2v) is 9.36. The fourth-order valence-corrected chi connectivity index (χ4v) is 4.92. The highest BCUT2D eigenvalue weighted by Crippen LogP contribution is 2.28. The van der Waals surface area contributed by atoms with Gasteiger partial charge in [0, 0.05) is 18.2 Å². The van der Waals surface area contributed by atoms with E-state index in [0.29, 0.717) is 23.7 Å². The maximum absolute atomic E-state index is 12.7. The highest BCUT2D eigenvalue weighted by Gasteiger charge is 2.23. The van der Waals surface area contributed by atoms with E-state index in [2.05, 4.69) is 10.0 Å². The zero-order valence-corrected chi connectivity index (χ0v) is 18.8. The molecule has 0 bridgehead atoms. The van der Waals surface area contributed by atoms with Gasteiger partial charge in [0.15, 0.2) is 11.5 Å². The first-order valence-electron chi connectivity index (χ1n) is 10.6. The number of rotatable bonds is 10. The zero-order chi connectivity index (χ0) is 22.3. The first kappa shape index (κ1) is 23.1. The molecular formula is C23H30N2O5S. The van der Waals surface area contributed by atoms with Gasteiger partial charge in [-0.15, -0.1) is 0 Å². The molecule has 0 saturated heterocycles. The largest absolute Gasteiger partial charge is 0.493 e. The van der Waals surface area contributed by atoms with Crippen LogP contribution in [0.4, 0.5) is 0 Å². The Kier molecular flexibility index (Phi) is 7.92. The Morgan fingerprint density at radius 2 is 1.87 bits per heavy atom. The molecule has 3 rings (SSSR count). The van der Waals surface area contributed by atoms with E-state index in [1.165, 1.54) is 12.1 Å². The van der Waals surface area contributed by atoms with Crippen LogP contribution in [0.2, 0.25) is 0 Å². The minimum atomic E-state index is -3.65. The maximum atomic E-state index is 12.7. The highest BCUT2D eigenvalue weighted by atomic mass is 32.2. The molecule has 0 unspecified atom stereocenters. The van der Waals surface area contributed by atoms with Gasteiger partial charge in [-0.05, 0) is 55.2 Å². The van der Waals surface area contributed by atoms with Crippen LogP contribution in [0.1, 0.15) is 54.9 Å². The lowest BCUT2D eigenvalue weighted by Crippen LogP contribution is -2.32. The predicted octanol–water partition coefficient (Wildman–Crippen LogP) is 3.63. The van der Waals surface area contributed by atoms with Crippen LogP contribution in [-0.4, -0.2) is 34.1 Å². The van der Waals surface area contributed by atoms with Crippen LogP contribution in [-0.2, 0) is 16.6 Å². The van der Waals surface area contributed by atoms with Crippen molar-refractivity contribution in [2.75, 3.05) is 13.7 Å². The normalized spacial score (nSPS) is 14.4. The molecule has 0 heterocycles. The fourth-order valence-electron chi connectivity index (χ4n) is 3.57. The molecule has 1 aliphatic rings. The van der Waals surface area contributed by atoms with Crippen molar-refractivity contribution in [2.24, 2.45) is 0 Å². The molecule has 8 heteroatoms. The topological polar surface area (TPSA) is 93.7 Å². The summed E-state index contributed by atoms with van der Waals surface area (Å²) in [5.74, 6) is 0.918. The van der Waals surface area contributed by atoms with Gasteiger partial charge in [-0.3, -0.25) is 4.79 Å². The molecule has 2 aromatic carbocycles. The van der Waals surface area contributed by atoms with Crippen LogP contribution in [0.15, 0.2) is 47.4 Å². The summed E-state index contributed by atoms with van der Waals surface area (Å²) in [6.07, 6.45) is 4.67. The molecule has 1 saturated carbocycles. The highest BCUT2D eigenvalue weighted by molar-refractivity contribution is 7.89. The van der Waals surface area contributed by atoms with E-state index in [1.54, 1.807) is 19.2 Å². The molecule has 1 amide bonds. The van der Waals surface area contributed by atoms with Crippen LogP contribution < -0.4 is 19.5 Å². The Bertz CT molecular complexity index is 1000. The monoisotopic (exact) mass is 446 g/mol. The number of benzene rings is 2. The van der Waals surface area contributed by atoms with Crippen molar-refractivity contribution >= 4 is 15.9 Å². The number of ether oxygens (including phenoxy) is 2. The Morgan fingerprint density at radius 1 is 1.10 bits per heavy atom. The number of methoxy groups -OCH3 is 1. The van der Waals surface area contributed by atoms with E-state index in [4.69, 9.17) is 9.47 Å². The minimum Gasteiger partial charge on any atom is -0.493 e. The third kappa shape index (κ3) is 6.21. The SMILES string of the molecule is CCCOc1ccc(CNC(=O)c2cccc(S(=O)(=O)NC3CCCC3)c2)cc1OC. The van der Waals surface area contributed by atoms with Gasteiger partial charge in [-0.1, -0.05) is 31.9 Å². The predicted molar refractivity (Wildman–Crippen MR) is 119 cm³/mol. The van der Waals surface area contributed by atoms with Gasteiger partial charge < -0.3 is 14.8 Å². The summed E-state index contributed by atoms with van der Waals surface area (Å²) in [7, 11) is -2.08. The molecule has 0 atom stereocenters. The average molecular weight is 447 g/mol. The average Bonchev–Trinajstić information content (AvgIpc) is 3.28. The van der Waals surface area contributed by atoms with Gasteiger partial charge >= 0.3 is 0 Å². The summed E-state index contributed by atoms with van der Waals surface area (Å²) < 4.78 is 39.1. The molecule has 1 fully saturated rings. The van der Waals surface area contributed by atoms with Crippen molar-refractivity contribution < 1.29 is 22.7 Å². The lowest BCUT2D eigenvalue weighted by molar-refractivity contribution is 0.0950. The Labute approximate surface area is 184 Å². The van der Waals surface area contributed by atoms with Gasteiger partial charge in [0.05, 0.1) is 18.6 Å². The summed E-state index contributed by atoms with van der Waals surface area (Å²) in [5.41, 5.74) is 1.14. The number of amides is 1. The molecule has 0 aromatic heterocycles. The zero-order valence-electron chi connectivity index (χ0n) is 18.0. The van der Waals surface area contributed by atoms with E-state index in [9.17, 15) is 13.2 Å². The second-order valence-electron chi connectivity index (χ2n) is 7.65. The fraction of sp³-hybridized carbons (Fsp3) is 0.435. The molecule has 31 heavy (non-hydrogen) atoms. The van der Waals surface area contributed by atoms with Gasteiger partial charge in [0.25, 0.3) is 5.91 Å². The summed E-state index contributed by atoms with van der Waals surface area (Å²) in [6.45, 7) is 2.91. The summed E-state index contributed by atoms with van der Waals surface area (Å²) in [6, 6.07) is 11.6. The van der Waals surface area contributed by atoms with Crippen molar-refractivity contribution in [2.45, 2.75) is 56.5 Å². The van der Waals surface area contributed by atoms with E-state index in [1.807, 2.05) is 25.1 Å². The lowest BCUT2D eigenvalue weighted by Gasteiger charge is -2.14. The molecule has 2 N–H and O–H groups in total. The van der Waals surface area contributed by atoms with E-state index in [0.717, 1.165) is 37.7 Å². The van der Waals surface area contributed by atoms with Crippen LogP contribution >= 0.6 is 0 Å². The maximum Gasteiger partial charge on any atom is 0.251 e. The number of hydrogen-bond donors (Lipinski definition) is 2. The van der Waals surface area contributed by atoms with Crippen molar-refractivity contribution in [1.82, 2.24) is 10.0 Å². The second kappa shape index (κ2) is 10.6. The van der Waals surface area contributed by atoms with Crippen LogP contribution in [0.3, 0.4) is 0 Å². The Balaban J connectivity index is 1.65. The molecule has 7 nitrogen and oxygen atoms in total. The van der Waals surface area contributed by atoms with Gasteiger partial charge in [0.1, 0.15) is 0 Å². The Hall–Kier alpha value is -2.58. The standard InChI is InChI=1S/C23H30N2O5S/c1-3-13-30-21-12-11-17(14-22(21)29-2)16-24-23(26)18-7-6-10-20(15-18)31(27,28)25-19-8-4-5-9-19/h6-7,10-12,14-15,19,25H,3-5,8-9,13,16H2,1-2H3,(H,24,26). The molecule has 168 valence electrons. The number of sulfonamides is 1. The molecule has 2 aromatic rings. The van der Waals surface area contributed by atoms with Crippen LogP contribution in [0.25, 0.3) is 0 Å². The van der Waals surface area contributed by atoms with Crippen molar-refractivity contribution in [1.29, 1.82) is 0 Å². The van der Waals surface area contributed by atoms with E-state index in [-0.39, 0.29) is 23.4 Å². The van der Waals surface area contributed by atoms with Crippen molar-refractivity contribution in [3.8, 4) is 11.5 Å². The first-order valence-corrected chi connectivity index (χ1v) is 12.1. The van der Waals surface area contributed by atoms with E-state index >= 15 is 0 Å². The van der Waals surface area contributed by atoms with Crippen LogP contribution in [0.5, 0.6) is 11.5 Å². The smallest absolute Gasteiger partial charge is 0.251 e. The number of nitrogens with one attached hydrogen (secondary N) is 2. The van der Waals surface area contributed by atoms with E-state index < -0.39 is 10.0 Å². The van der Waals surface area contributed by atoms with Gasteiger partial charge in [-0.2, -0.15) is 0 Å². The van der Waals surface area contributed by atoms with Crippen molar-refractivity contribution in [3.05, 3.63) is 53.6 Å². The first-order chi connectivity index (χ1) is 14.9. The number of hydrogen-bond acceptors (Lipinski definition) is 5. The molecule has 1 aliphatic carbocycles. The quantitative estimate of drug-likeness (QED) is 0.581. The summed E-state index contributed by atoms with van der Waals surface area (Å²) >= 11 is 0. The van der Waals surface area contributed by atoms with Gasteiger partial charge in [-0.25, -0.2) is 13.1 Å². The third-order valence-corrected chi connectivity index (χ3v) is 6.74. The molecule has 0 spiro atoms. The lowest BCUT2D eigenvalue weighted by atomic mass is 10.1.